The van der Waals surface area contributed by atoms with E-state index in [4.69, 9.17) is 18.7 Å². The molecule has 0 bridgehead atoms. The van der Waals surface area contributed by atoms with Crippen molar-refractivity contribution in [1.82, 2.24) is 15.8 Å². The molecule has 1 aromatic carbocycles. The maximum Gasteiger partial charge on any atom is 0.274 e. The van der Waals surface area contributed by atoms with Gasteiger partial charge in [-0.1, -0.05) is 5.16 Å². The van der Waals surface area contributed by atoms with Crippen LogP contribution in [0.1, 0.15) is 30.3 Å². The summed E-state index contributed by atoms with van der Waals surface area (Å²) in [6.07, 6.45) is 1.97. The quantitative estimate of drug-likeness (QED) is 0.691. The minimum absolute atomic E-state index is 0.0396. The second kappa shape index (κ2) is 9.42. The monoisotopic (exact) mass is 403 g/mol. The number of amides is 2. The second-order valence-electron chi connectivity index (χ2n) is 6.72. The number of ether oxygens (including phenoxy) is 3. The molecule has 1 aliphatic rings. The first-order valence-electron chi connectivity index (χ1n) is 9.41. The Balaban J connectivity index is 1.62. The average Bonchev–Trinajstić information content (AvgIpc) is 3.43. The summed E-state index contributed by atoms with van der Waals surface area (Å²) in [4.78, 5) is 24.6. The highest BCUT2D eigenvalue weighted by molar-refractivity contribution is 5.96. The van der Waals surface area contributed by atoms with Crippen LogP contribution in [0.4, 0.5) is 0 Å². The maximum atomic E-state index is 12.4. The maximum absolute atomic E-state index is 12.4. The van der Waals surface area contributed by atoms with E-state index in [0.717, 1.165) is 19.4 Å². The van der Waals surface area contributed by atoms with Gasteiger partial charge in [0.2, 0.25) is 5.91 Å². The van der Waals surface area contributed by atoms with Crippen LogP contribution >= 0.6 is 0 Å². The molecular formula is C20H25N3O6. The fraction of sp³-hybridized carbons (Fsp3) is 0.450. The number of methoxy groups -OCH3 is 2. The van der Waals surface area contributed by atoms with E-state index >= 15 is 0 Å². The zero-order chi connectivity index (χ0) is 20.8. The van der Waals surface area contributed by atoms with Crippen LogP contribution in [0, 0.1) is 0 Å². The summed E-state index contributed by atoms with van der Waals surface area (Å²) in [6.45, 7) is 2.76. The van der Waals surface area contributed by atoms with Crippen molar-refractivity contribution in [2.45, 2.75) is 31.9 Å². The van der Waals surface area contributed by atoms with E-state index in [9.17, 15) is 9.59 Å². The number of aromatic nitrogens is 1. The number of carbonyl (C=O) groups excluding carboxylic acids is 2. The van der Waals surface area contributed by atoms with Crippen molar-refractivity contribution in [1.29, 1.82) is 0 Å². The van der Waals surface area contributed by atoms with Gasteiger partial charge < -0.3 is 29.4 Å². The summed E-state index contributed by atoms with van der Waals surface area (Å²) in [5, 5.41) is 9.21. The molecule has 2 N–H and O–H groups in total. The molecule has 1 aromatic heterocycles. The van der Waals surface area contributed by atoms with Crippen LogP contribution in [0.15, 0.2) is 28.8 Å². The predicted molar refractivity (Wildman–Crippen MR) is 104 cm³/mol. The van der Waals surface area contributed by atoms with Gasteiger partial charge in [0.15, 0.2) is 11.5 Å². The minimum atomic E-state index is -0.726. The average molecular weight is 403 g/mol. The molecule has 2 amide bonds. The van der Waals surface area contributed by atoms with Crippen molar-refractivity contribution >= 4 is 11.8 Å². The lowest BCUT2D eigenvalue weighted by Gasteiger charge is -2.15. The Labute approximate surface area is 168 Å². The lowest BCUT2D eigenvalue weighted by atomic mass is 10.1. The zero-order valence-corrected chi connectivity index (χ0v) is 16.7. The van der Waals surface area contributed by atoms with E-state index in [1.165, 1.54) is 13.2 Å². The smallest absolute Gasteiger partial charge is 0.274 e. The Morgan fingerprint density at radius 1 is 1.28 bits per heavy atom. The molecular weight excluding hydrogens is 378 g/mol. The first-order chi connectivity index (χ1) is 14.0. The van der Waals surface area contributed by atoms with Gasteiger partial charge in [-0.3, -0.25) is 9.59 Å². The number of rotatable bonds is 8. The molecule has 9 nitrogen and oxygen atoms in total. The number of benzene rings is 1. The van der Waals surface area contributed by atoms with Gasteiger partial charge in [0.05, 0.1) is 25.9 Å². The Morgan fingerprint density at radius 2 is 2.10 bits per heavy atom. The van der Waals surface area contributed by atoms with Gasteiger partial charge in [-0.05, 0) is 38.0 Å². The van der Waals surface area contributed by atoms with E-state index in [-0.39, 0.29) is 17.7 Å². The van der Waals surface area contributed by atoms with E-state index in [0.29, 0.717) is 29.4 Å². The molecule has 2 atom stereocenters. The predicted octanol–water partition coefficient (Wildman–Crippen LogP) is 1.77. The molecule has 1 fully saturated rings. The first-order valence-corrected chi connectivity index (χ1v) is 9.41. The van der Waals surface area contributed by atoms with E-state index in [1.807, 2.05) is 0 Å². The fourth-order valence-electron chi connectivity index (χ4n) is 3.02. The largest absolute Gasteiger partial charge is 0.497 e. The van der Waals surface area contributed by atoms with Crippen LogP contribution in [0.2, 0.25) is 0 Å². The van der Waals surface area contributed by atoms with Gasteiger partial charge >= 0.3 is 0 Å². The molecule has 0 saturated carbocycles. The molecule has 1 saturated heterocycles. The Morgan fingerprint density at radius 3 is 2.79 bits per heavy atom. The normalized spacial score (nSPS) is 16.9. The summed E-state index contributed by atoms with van der Waals surface area (Å²) < 4.78 is 21.3. The van der Waals surface area contributed by atoms with Gasteiger partial charge in [-0.25, -0.2) is 0 Å². The van der Waals surface area contributed by atoms with E-state index < -0.39 is 11.9 Å². The molecule has 9 heteroatoms. The first kappa shape index (κ1) is 20.7. The van der Waals surface area contributed by atoms with Gasteiger partial charge in [0.1, 0.15) is 17.5 Å². The molecule has 0 radical (unpaired) electrons. The summed E-state index contributed by atoms with van der Waals surface area (Å²) >= 11 is 0. The van der Waals surface area contributed by atoms with Crippen molar-refractivity contribution in [3.8, 4) is 22.8 Å². The highest BCUT2D eigenvalue weighted by atomic mass is 16.5. The van der Waals surface area contributed by atoms with Crippen LogP contribution in [0.25, 0.3) is 11.3 Å². The van der Waals surface area contributed by atoms with Crippen LogP contribution in [0.5, 0.6) is 11.5 Å². The highest BCUT2D eigenvalue weighted by Crippen LogP contribution is 2.33. The van der Waals surface area contributed by atoms with Crippen molar-refractivity contribution in [3.05, 3.63) is 30.0 Å². The number of hydrogen-bond acceptors (Lipinski definition) is 7. The van der Waals surface area contributed by atoms with Gasteiger partial charge in [0, 0.05) is 19.2 Å². The number of nitrogens with one attached hydrogen (secondary N) is 2. The van der Waals surface area contributed by atoms with Crippen LogP contribution < -0.4 is 20.1 Å². The van der Waals surface area contributed by atoms with Crippen LogP contribution in [-0.4, -0.2) is 56.5 Å². The standard InChI is InChI=1S/C20H25N3O6/c1-12(19(24)21-11-14-5-4-8-28-14)22-20(25)16-10-18(29-23-16)15-9-13(26-2)6-7-17(15)27-3/h6-7,9-10,12,14H,4-5,8,11H2,1-3H3,(H,21,24)(H,22,25). The SMILES string of the molecule is COc1ccc(OC)c(-c2cc(C(=O)NC(C)C(=O)NCC3CCCO3)no2)c1. The van der Waals surface area contributed by atoms with Crippen LogP contribution in [0.3, 0.4) is 0 Å². The van der Waals surface area contributed by atoms with Crippen molar-refractivity contribution in [3.63, 3.8) is 0 Å². The van der Waals surface area contributed by atoms with E-state index in [1.54, 1.807) is 32.2 Å². The molecule has 2 aromatic rings. The number of carbonyl (C=O) groups is 2. The third-order valence-corrected chi connectivity index (χ3v) is 4.68. The Hall–Kier alpha value is -3.07. The molecule has 3 rings (SSSR count). The third kappa shape index (κ3) is 5.05. The fourth-order valence-corrected chi connectivity index (χ4v) is 3.02. The summed E-state index contributed by atoms with van der Waals surface area (Å²) in [7, 11) is 3.09. The van der Waals surface area contributed by atoms with Crippen LogP contribution in [-0.2, 0) is 9.53 Å². The Bertz CT molecular complexity index is 860. The summed E-state index contributed by atoms with van der Waals surface area (Å²) in [5.41, 5.74) is 0.657. The molecule has 2 heterocycles. The molecule has 0 aliphatic carbocycles. The van der Waals surface area contributed by atoms with Crippen molar-refractivity contribution in [2.24, 2.45) is 0 Å². The lowest BCUT2D eigenvalue weighted by Crippen LogP contribution is -2.46. The molecule has 29 heavy (non-hydrogen) atoms. The van der Waals surface area contributed by atoms with Gasteiger partial charge in [-0.2, -0.15) is 0 Å². The molecule has 2 unspecified atom stereocenters. The van der Waals surface area contributed by atoms with Crippen molar-refractivity contribution < 1.29 is 28.3 Å². The van der Waals surface area contributed by atoms with Gasteiger partial charge in [0.25, 0.3) is 5.91 Å². The minimum Gasteiger partial charge on any atom is -0.497 e. The number of hydrogen-bond donors (Lipinski definition) is 2. The second-order valence-corrected chi connectivity index (χ2v) is 6.72. The zero-order valence-electron chi connectivity index (χ0n) is 16.7. The Kier molecular flexibility index (Phi) is 6.71. The lowest BCUT2D eigenvalue weighted by molar-refractivity contribution is -0.123. The summed E-state index contributed by atoms with van der Waals surface area (Å²) in [6, 6.07) is 5.97. The molecule has 1 aliphatic heterocycles. The number of nitrogens with zero attached hydrogens (tertiary/aromatic N) is 1. The van der Waals surface area contributed by atoms with Crippen molar-refractivity contribution in [2.75, 3.05) is 27.4 Å². The van der Waals surface area contributed by atoms with Gasteiger partial charge in [-0.15, -0.1) is 0 Å². The molecule has 0 spiro atoms. The summed E-state index contributed by atoms with van der Waals surface area (Å²) in [5.74, 6) is 0.713. The highest BCUT2D eigenvalue weighted by Gasteiger charge is 2.22. The van der Waals surface area contributed by atoms with E-state index in [2.05, 4.69) is 15.8 Å². The molecule has 156 valence electrons. The topological polar surface area (TPSA) is 112 Å². The third-order valence-electron chi connectivity index (χ3n) is 4.68.